The number of nitrogens with zero attached hydrogens (tertiary/aromatic N) is 5. The van der Waals surface area contributed by atoms with Crippen molar-refractivity contribution in [3.8, 4) is 0 Å². The molecule has 1 aliphatic heterocycles. The van der Waals surface area contributed by atoms with Crippen LogP contribution in [0.1, 0.15) is 26.7 Å². The average Bonchev–Trinajstić information content (AvgIpc) is 3.10. The Kier molecular flexibility index (Phi) is 4.40. The minimum absolute atomic E-state index is 0.313. The number of halogens is 1. The number of rotatable bonds is 3. The van der Waals surface area contributed by atoms with E-state index in [2.05, 4.69) is 39.1 Å². The zero-order valence-corrected chi connectivity index (χ0v) is 16.2. The quantitative estimate of drug-likeness (QED) is 0.703. The van der Waals surface area contributed by atoms with Crippen LogP contribution < -0.4 is 10.6 Å². The van der Waals surface area contributed by atoms with Gasteiger partial charge in [-0.25, -0.2) is 9.97 Å². The van der Waals surface area contributed by atoms with E-state index in [-0.39, 0.29) is 0 Å². The van der Waals surface area contributed by atoms with E-state index in [9.17, 15) is 0 Å². The van der Waals surface area contributed by atoms with E-state index >= 15 is 0 Å². The van der Waals surface area contributed by atoms with Gasteiger partial charge in [0.15, 0.2) is 11.3 Å². The maximum absolute atomic E-state index is 6.27. The van der Waals surface area contributed by atoms with Gasteiger partial charge < -0.3 is 10.6 Å². The summed E-state index contributed by atoms with van der Waals surface area (Å²) in [7, 11) is 0. The van der Waals surface area contributed by atoms with Gasteiger partial charge in [0.05, 0.1) is 9.92 Å². The van der Waals surface area contributed by atoms with E-state index in [4.69, 9.17) is 22.3 Å². The Bertz CT molecular complexity index is 945. The topological polar surface area (TPSA) is 96.6 Å². The summed E-state index contributed by atoms with van der Waals surface area (Å²) in [5, 5.41) is 11.9. The van der Waals surface area contributed by atoms with Crippen molar-refractivity contribution in [3.05, 3.63) is 23.5 Å². The highest BCUT2D eigenvalue weighted by molar-refractivity contribution is 7.99. The zero-order chi connectivity index (χ0) is 18.3. The molecule has 0 aromatic carbocycles. The molecule has 3 aromatic heterocycles. The summed E-state index contributed by atoms with van der Waals surface area (Å²) in [5.74, 6) is 1.20. The number of anilines is 2. The number of nitrogens with one attached hydrogen (secondary N) is 1. The van der Waals surface area contributed by atoms with Crippen molar-refractivity contribution in [2.45, 2.75) is 36.5 Å². The molecule has 0 atom stereocenters. The molecule has 7 nitrogen and oxygen atoms in total. The largest absolute Gasteiger partial charge is 0.382 e. The number of H-pyrrole nitrogens is 1. The molecule has 0 aliphatic carbocycles. The summed E-state index contributed by atoms with van der Waals surface area (Å²) in [5.41, 5.74) is 7.75. The third kappa shape index (κ3) is 3.19. The maximum Gasteiger partial charge on any atom is 0.158 e. The number of nitrogen functional groups attached to an aromatic ring is 1. The number of hydrogen-bond donors (Lipinski definition) is 2. The van der Waals surface area contributed by atoms with Gasteiger partial charge in [0.25, 0.3) is 0 Å². The van der Waals surface area contributed by atoms with E-state index in [1.54, 1.807) is 6.20 Å². The van der Waals surface area contributed by atoms with Crippen LogP contribution in [-0.4, -0.2) is 38.5 Å². The van der Waals surface area contributed by atoms with Crippen LogP contribution in [0.25, 0.3) is 11.0 Å². The highest BCUT2D eigenvalue weighted by Crippen LogP contribution is 2.39. The number of pyridine rings is 2. The molecule has 1 aliphatic rings. The number of nitrogens with two attached hydrogens (primary N) is 1. The molecule has 136 valence electrons. The Balaban J connectivity index is 1.67. The van der Waals surface area contributed by atoms with Crippen molar-refractivity contribution in [3.63, 3.8) is 0 Å². The van der Waals surface area contributed by atoms with E-state index in [0.717, 1.165) is 52.6 Å². The smallest absolute Gasteiger partial charge is 0.158 e. The summed E-state index contributed by atoms with van der Waals surface area (Å²) in [4.78, 5) is 12.7. The predicted octanol–water partition coefficient (Wildman–Crippen LogP) is 3.76. The Labute approximate surface area is 160 Å². The number of fused-ring (bicyclic) bond motifs is 1. The summed E-state index contributed by atoms with van der Waals surface area (Å²) < 4.78 is 0. The first-order valence-electron chi connectivity index (χ1n) is 8.47. The molecule has 9 heteroatoms. The van der Waals surface area contributed by atoms with E-state index in [1.807, 2.05) is 12.3 Å². The number of aromatic amines is 1. The molecular weight excluding hydrogens is 370 g/mol. The van der Waals surface area contributed by atoms with Gasteiger partial charge in [-0.2, -0.15) is 15.4 Å². The second-order valence-corrected chi connectivity index (χ2v) is 8.69. The maximum atomic E-state index is 6.27. The number of hydrogen-bond acceptors (Lipinski definition) is 7. The van der Waals surface area contributed by atoms with Gasteiger partial charge in [-0.3, -0.25) is 0 Å². The van der Waals surface area contributed by atoms with Gasteiger partial charge in [-0.1, -0.05) is 37.2 Å². The SMILES string of the molecule is CC1(C)CCN(c2ncc(Sc3ccnc(N)c3Cl)c3n[nH]nc23)CC1. The molecule has 0 bridgehead atoms. The van der Waals surface area contributed by atoms with Crippen molar-refractivity contribution in [2.24, 2.45) is 5.41 Å². The summed E-state index contributed by atoms with van der Waals surface area (Å²) in [6.45, 7) is 6.57. The molecule has 3 N–H and O–H groups in total. The summed E-state index contributed by atoms with van der Waals surface area (Å²) in [6, 6.07) is 1.83. The van der Waals surface area contributed by atoms with Crippen LogP contribution in [0.15, 0.2) is 28.3 Å². The van der Waals surface area contributed by atoms with Crippen molar-refractivity contribution < 1.29 is 0 Å². The normalized spacial score (nSPS) is 17.0. The van der Waals surface area contributed by atoms with Crippen LogP contribution in [0, 0.1) is 5.41 Å². The fraction of sp³-hybridized carbons (Fsp3) is 0.412. The molecule has 0 unspecified atom stereocenters. The molecule has 0 amide bonds. The van der Waals surface area contributed by atoms with Crippen molar-refractivity contribution in [2.75, 3.05) is 23.7 Å². The summed E-state index contributed by atoms with van der Waals surface area (Å²) in [6.07, 6.45) is 5.74. The molecular formula is C17H20ClN7S. The van der Waals surface area contributed by atoms with E-state index in [0.29, 0.717) is 16.3 Å². The van der Waals surface area contributed by atoms with Gasteiger partial charge in [-0.05, 0) is 24.3 Å². The van der Waals surface area contributed by atoms with Crippen molar-refractivity contribution >= 4 is 46.0 Å². The molecule has 0 saturated carbocycles. The van der Waals surface area contributed by atoms with Crippen LogP contribution >= 0.6 is 23.4 Å². The van der Waals surface area contributed by atoms with Gasteiger partial charge in [0.1, 0.15) is 11.3 Å². The fourth-order valence-electron chi connectivity index (χ4n) is 3.07. The Morgan fingerprint density at radius 2 is 1.88 bits per heavy atom. The first-order valence-corrected chi connectivity index (χ1v) is 9.66. The van der Waals surface area contributed by atoms with Crippen LogP contribution in [-0.2, 0) is 0 Å². The lowest BCUT2D eigenvalue weighted by Crippen LogP contribution is -2.37. The van der Waals surface area contributed by atoms with Crippen LogP contribution in [0.3, 0.4) is 0 Å². The second-order valence-electron chi connectivity index (χ2n) is 7.23. The highest BCUT2D eigenvalue weighted by atomic mass is 35.5. The molecule has 3 aromatic rings. The monoisotopic (exact) mass is 389 g/mol. The Morgan fingerprint density at radius 1 is 1.15 bits per heavy atom. The number of piperidine rings is 1. The first-order chi connectivity index (χ1) is 12.4. The average molecular weight is 390 g/mol. The Hall–Kier alpha value is -2.06. The molecule has 26 heavy (non-hydrogen) atoms. The predicted molar refractivity (Wildman–Crippen MR) is 105 cm³/mol. The van der Waals surface area contributed by atoms with Gasteiger partial charge >= 0.3 is 0 Å². The second kappa shape index (κ2) is 6.59. The molecule has 1 fully saturated rings. The summed E-state index contributed by atoms with van der Waals surface area (Å²) >= 11 is 7.73. The minimum atomic E-state index is 0.313. The fourth-order valence-corrected chi connectivity index (χ4v) is 4.20. The van der Waals surface area contributed by atoms with E-state index in [1.165, 1.54) is 11.8 Å². The third-order valence-electron chi connectivity index (χ3n) is 4.81. The lowest BCUT2D eigenvalue weighted by Gasteiger charge is -2.37. The van der Waals surface area contributed by atoms with E-state index < -0.39 is 0 Å². The van der Waals surface area contributed by atoms with Crippen molar-refractivity contribution in [1.29, 1.82) is 0 Å². The van der Waals surface area contributed by atoms with Gasteiger partial charge in [0.2, 0.25) is 0 Å². The standard InChI is InChI=1S/C17H20ClN7S/c1-17(2)4-7-25(8-5-17)16-14-13(22-24-23-14)11(9-21-16)26-10-3-6-20-15(19)12(10)18/h3,6,9H,4-5,7-8H2,1-2H3,(H2,19,20)(H,22,23,24). The minimum Gasteiger partial charge on any atom is -0.382 e. The van der Waals surface area contributed by atoms with Gasteiger partial charge in [-0.15, -0.1) is 0 Å². The van der Waals surface area contributed by atoms with Gasteiger partial charge in [0, 0.05) is 30.4 Å². The van der Waals surface area contributed by atoms with Crippen LogP contribution in [0.5, 0.6) is 0 Å². The first kappa shape index (κ1) is 17.4. The molecule has 1 saturated heterocycles. The lowest BCUT2D eigenvalue weighted by molar-refractivity contribution is 0.279. The highest BCUT2D eigenvalue weighted by Gasteiger charge is 2.28. The third-order valence-corrected chi connectivity index (χ3v) is 6.40. The number of aromatic nitrogens is 5. The molecule has 0 radical (unpaired) electrons. The molecule has 4 heterocycles. The zero-order valence-electron chi connectivity index (χ0n) is 14.7. The van der Waals surface area contributed by atoms with Crippen LogP contribution in [0.2, 0.25) is 5.02 Å². The Morgan fingerprint density at radius 3 is 2.65 bits per heavy atom. The van der Waals surface area contributed by atoms with Crippen molar-refractivity contribution in [1.82, 2.24) is 25.4 Å². The molecule has 4 rings (SSSR count). The lowest BCUT2D eigenvalue weighted by atomic mass is 9.83. The van der Waals surface area contributed by atoms with Crippen LogP contribution in [0.4, 0.5) is 11.6 Å². The molecule has 0 spiro atoms.